The lowest BCUT2D eigenvalue weighted by Crippen LogP contribution is -2.60. The minimum Gasteiger partial charge on any atom is -0.365 e. The molecule has 0 aliphatic carbocycles. The molecular weight excluding hydrogens is 685 g/mol. The SMILES string of the molecule is Cc1ccc2c(c1)CCCN2C(CN(Cc1ccccc1)c1ccccc1)C(=O)C(CN(Cc1ccccc1)c1ccccc1)N1CCCc2cc(C)ccc21. The number of carbonyl (C=O) groups excluding carboxylic acids is 1. The lowest BCUT2D eigenvalue weighted by atomic mass is 9.91. The molecule has 0 saturated carbocycles. The third-order valence-corrected chi connectivity index (χ3v) is 11.7. The number of para-hydroxylation sites is 2. The van der Waals surface area contributed by atoms with Crippen LogP contribution in [0.25, 0.3) is 0 Å². The van der Waals surface area contributed by atoms with Crippen LogP contribution in [-0.4, -0.2) is 44.0 Å². The van der Waals surface area contributed by atoms with Crippen LogP contribution in [0.1, 0.15) is 46.2 Å². The number of hydrogen-bond acceptors (Lipinski definition) is 5. The fraction of sp³-hybridized carbons (Fsp3) is 0.275. The zero-order chi connectivity index (χ0) is 38.3. The van der Waals surface area contributed by atoms with E-state index in [1.807, 2.05) is 0 Å². The Bertz CT molecular complexity index is 2030. The topological polar surface area (TPSA) is 30.0 Å². The predicted molar refractivity (Wildman–Crippen MR) is 234 cm³/mol. The van der Waals surface area contributed by atoms with Gasteiger partial charge in [-0.1, -0.05) is 132 Å². The highest BCUT2D eigenvalue weighted by Crippen LogP contribution is 2.35. The maximum atomic E-state index is 16.3. The molecule has 284 valence electrons. The van der Waals surface area contributed by atoms with E-state index >= 15 is 4.79 Å². The van der Waals surface area contributed by atoms with Gasteiger partial charge in [-0.2, -0.15) is 0 Å². The van der Waals surface area contributed by atoms with E-state index in [-0.39, 0.29) is 5.78 Å². The van der Waals surface area contributed by atoms with Crippen molar-refractivity contribution in [1.82, 2.24) is 0 Å². The molecule has 2 unspecified atom stereocenters. The zero-order valence-corrected chi connectivity index (χ0v) is 32.9. The number of anilines is 4. The molecule has 2 atom stereocenters. The van der Waals surface area contributed by atoms with Crippen LogP contribution in [-0.2, 0) is 30.7 Å². The minimum atomic E-state index is -0.393. The van der Waals surface area contributed by atoms with E-state index in [1.165, 1.54) is 44.8 Å². The largest absolute Gasteiger partial charge is 0.365 e. The van der Waals surface area contributed by atoms with Crippen molar-refractivity contribution in [3.05, 3.63) is 191 Å². The number of ketones is 1. The fourth-order valence-electron chi connectivity index (χ4n) is 8.89. The summed E-state index contributed by atoms with van der Waals surface area (Å²) in [5.74, 6) is 0.273. The van der Waals surface area contributed by atoms with E-state index in [9.17, 15) is 0 Å². The third-order valence-electron chi connectivity index (χ3n) is 11.7. The van der Waals surface area contributed by atoms with Crippen LogP contribution in [0.2, 0.25) is 0 Å². The summed E-state index contributed by atoms with van der Waals surface area (Å²) in [6.45, 7) is 8.60. The van der Waals surface area contributed by atoms with E-state index in [2.05, 4.69) is 191 Å². The van der Waals surface area contributed by atoms with Crippen LogP contribution in [0.4, 0.5) is 22.7 Å². The molecule has 2 aliphatic rings. The molecule has 8 rings (SSSR count). The summed E-state index contributed by atoms with van der Waals surface area (Å²) in [5, 5.41) is 0. The van der Waals surface area contributed by atoms with E-state index in [4.69, 9.17) is 0 Å². The van der Waals surface area contributed by atoms with Crippen LogP contribution in [0.15, 0.2) is 158 Å². The smallest absolute Gasteiger partial charge is 0.181 e. The van der Waals surface area contributed by atoms with Crippen molar-refractivity contribution in [2.45, 2.75) is 64.7 Å². The summed E-state index contributed by atoms with van der Waals surface area (Å²) >= 11 is 0. The summed E-state index contributed by atoms with van der Waals surface area (Å²) in [4.78, 5) is 26.1. The number of benzene rings is 6. The molecule has 6 aromatic rings. The molecule has 5 nitrogen and oxygen atoms in total. The van der Waals surface area contributed by atoms with Crippen LogP contribution in [0.5, 0.6) is 0 Å². The van der Waals surface area contributed by atoms with E-state index in [0.29, 0.717) is 26.2 Å². The van der Waals surface area contributed by atoms with Crippen molar-refractivity contribution in [1.29, 1.82) is 0 Å². The average molecular weight is 739 g/mol. The van der Waals surface area contributed by atoms with Crippen LogP contribution in [0, 0.1) is 13.8 Å². The van der Waals surface area contributed by atoms with Gasteiger partial charge in [0.1, 0.15) is 12.1 Å². The normalized spacial score (nSPS) is 14.7. The summed E-state index contributed by atoms with van der Waals surface area (Å²) in [6.07, 6.45) is 4.10. The molecule has 0 fully saturated rings. The number of Topliss-reactive ketones (excluding diaryl/α,β-unsaturated/α-hetero) is 1. The molecular formula is C51H54N4O. The number of carbonyl (C=O) groups is 1. The van der Waals surface area contributed by atoms with Gasteiger partial charge in [0, 0.05) is 62.0 Å². The van der Waals surface area contributed by atoms with Gasteiger partial charge in [0.2, 0.25) is 0 Å². The summed E-state index contributed by atoms with van der Waals surface area (Å²) in [5.41, 5.74) is 12.3. The standard InChI is InChI=1S/C51H54N4O/c1-39-27-29-47-43(33-39)21-15-31-54(47)49(37-52(45-23-11-5-12-24-45)35-41-17-7-3-8-18-41)51(56)50(55-32-16-22-44-34-40(2)28-30-48(44)55)38-53(46-25-13-6-14-26-46)36-42-19-9-4-10-20-42/h3-14,17-20,23-30,33-34,49-50H,15-16,21-22,31-32,35-38H2,1-2H3. The molecule has 5 heteroatoms. The predicted octanol–water partition coefficient (Wildman–Crippen LogP) is 10.2. The summed E-state index contributed by atoms with van der Waals surface area (Å²) in [6, 6.07) is 55.6. The zero-order valence-electron chi connectivity index (χ0n) is 32.9. The first kappa shape index (κ1) is 37.1. The Labute approximate surface area is 333 Å². The van der Waals surface area contributed by atoms with Gasteiger partial charge >= 0.3 is 0 Å². The number of aryl methyl sites for hydroxylation is 4. The Balaban J connectivity index is 1.26. The summed E-state index contributed by atoms with van der Waals surface area (Å²) < 4.78 is 0. The van der Waals surface area contributed by atoms with Gasteiger partial charge in [-0.25, -0.2) is 0 Å². The second-order valence-electron chi connectivity index (χ2n) is 15.7. The van der Waals surface area contributed by atoms with Crippen LogP contribution in [0.3, 0.4) is 0 Å². The van der Waals surface area contributed by atoms with E-state index in [0.717, 1.165) is 50.1 Å². The van der Waals surface area contributed by atoms with Gasteiger partial charge < -0.3 is 19.6 Å². The lowest BCUT2D eigenvalue weighted by Gasteiger charge is -2.45. The highest BCUT2D eigenvalue weighted by Gasteiger charge is 2.40. The van der Waals surface area contributed by atoms with E-state index in [1.54, 1.807) is 0 Å². The Morgan fingerprint density at radius 3 is 1.29 bits per heavy atom. The minimum absolute atomic E-state index is 0.273. The number of nitrogens with zero attached hydrogens (tertiary/aromatic N) is 4. The van der Waals surface area contributed by atoms with Crippen molar-refractivity contribution < 1.29 is 4.79 Å². The maximum Gasteiger partial charge on any atom is 0.181 e. The van der Waals surface area contributed by atoms with Crippen LogP contribution < -0.4 is 19.6 Å². The Hall–Kier alpha value is -5.81. The number of rotatable bonds is 14. The van der Waals surface area contributed by atoms with Gasteiger partial charge in [0.15, 0.2) is 5.78 Å². The molecule has 0 amide bonds. The van der Waals surface area contributed by atoms with Crippen molar-refractivity contribution in [3.8, 4) is 0 Å². The monoisotopic (exact) mass is 738 g/mol. The van der Waals surface area contributed by atoms with Crippen molar-refractivity contribution in [3.63, 3.8) is 0 Å². The average Bonchev–Trinajstić information content (AvgIpc) is 3.24. The first-order valence-corrected chi connectivity index (χ1v) is 20.4. The van der Waals surface area contributed by atoms with Crippen LogP contribution >= 0.6 is 0 Å². The number of fused-ring (bicyclic) bond motifs is 2. The molecule has 56 heavy (non-hydrogen) atoms. The molecule has 0 spiro atoms. The third kappa shape index (κ3) is 8.53. The van der Waals surface area contributed by atoms with Crippen molar-refractivity contribution in [2.24, 2.45) is 0 Å². The first-order chi connectivity index (χ1) is 27.5. The highest BCUT2D eigenvalue weighted by molar-refractivity contribution is 5.96. The van der Waals surface area contributed by atoms with Crippen molar-refractivity contribution >= 4 is 28.5 Å². The van der Waals surface area contributed by atoms with Crippen molar-refractivity contribution in [2.75, 3.05) is 45.8 Å². The molecule has 0 aromatic heterocycles. The molecule has 2 heterocycles. The number of hydrogen-bond donors (Lipinski definition) is 0. The molecule has 0 N–H and O–H groups in total. The van der Waals surface area contributed by atoms with Gasteiger partial charge in [-0.15, -0.1) is 0 Å². The van der Waals surface area contributed by atoms with Gasteiger partial charge in [0.25, 0.3) is 0 Å². The Kier molecular flexibility index (Phi) is 11.5. The van der Waals surface area contributed by atoms with Gasteiger partial charge in [-0.05, 0) is 98.2 Å². The Morgan fingerprint density at radius 1 is 0.518 bits per heavy atom. The second kappa shape index (κ2) is 17.3. The fourth-order valence-corrected chi connectivity index (χ4v) is 8.89. The highest BCUT2D eigenvalue weighted by atomic mass is 16.1. The molecule has 0 saturated heterocycles. The van der Waals surface area contributed by atoms with Gasteiger partial charge in [-0.3, -0.25) is 4.79 Å². The molecule has 6 aromatic carbocycles. The van der Waals surface area contributed by atoms with Gasteiger partial charge in [0.05, 0.1) is 0 Å². The molecule has 2 aliphatic heterocycles. The molecule has 0 bridgehead atoms. The second-order valence-corrected chi connectivity index (χ2v) is 15.7. The first-order valence-electron chi connectivity index (χ1n) is 20.4. The van der Waals surface area contributed by atoms with E-state index < -0.39 is 12.1 Å². The summed E-state index contributed by atoms with van der Waals surface area (Å²) in [7, 11) is 0. The Morgan fingerprint density at radius 2 is 0.893 bits per heavy atom. The quantitative estimate of drug-likeness (QED) is 0.111. The molecule has 0 radical (unpaired) electrons. The maximum absolute atomic E-state index is 16.3. The lowest BCUT2D eigenvalue weighted by molar-refractivity contribution is -0.121.